The number of esters is 1. The fourth-order valence-electron chi connectivity index (χ4n) is 1.01. The van der Waals surface area contributed by atoms with Gasteiger partial charge in [-0.15, -0.1) is 0 Å². The molecule has 0 aliphatic carbocycles. The van der Waals surface area contributed by atoms with Crippen molar-refractivity contribution in [1.29, 1.82) is 0 Å². The zero-order valence-electron chi connectivity index (χ0n) is 7.77. The zero-order valence-corrected chi connectivity index (χ0v) is 7.77. The highest BCUT2D eigenvalue weighted by Gasteiger charge is 2.12. The molecule has 0 aliphatic rings. The van der Waals surface area contributed by atoms with Crippen LogP contribution in [-0.4, -0.2) is 29.1 Å². The molecule has 74 valence electrons. The summed E-state index contributed by atoms with van der Waals surface area (Å²) in [6.45, 7) is 1.55. The van der Waals surface area contributed by atoms with Crippen LogP contribution in [0.5, 0.6) is 0 Å². The van der Waals surface area contributed by atoms with E-state index < -0.39 is 11.9 Å². The van der Waals surface area contributed by atoms with Gasteiger partial charge in [0.2, 0.25) is 0 Å². The average Bonchev–Trinajstić information content (AvgIpc) is 2.16. The minimum Gasteiger partial charge on any atom is -0.477 e. The van der Waals surface area contributed by atoms with E-state index in [1.54, 1.807) is 6.92 Å². The standard InChI is InChI=1S/C9H9NO4/c1-5-6(9(13)14-2)3-4-7(10-5)8(11)12/h3-4H,1-2H3,(H,11,12). The molecule has 1 rings (SSSR count). The highest BCUT2D eigenvalue weighted by Crippen LogP contribution is 2.08. The Bertz CT molecular complexity index is 386. The van der Waals surface area contributed by atoms with Crippen molar-refractivity contribution in [3.05, 3.63) is 29.1 Å². The third kappa shape index (κ3) is 1.87. The lowest BCUT2D eigenvalue weighted by Gasteiger charge is -2.03. The van der Waals surface area contributed by atoms with Crippen molar-refractivity contribution >= 4 is 11.9 Å². The average molecular weight is 195 g/mol. The maximum absolute atomic E-state index is 11.1. The molecule has 0 fully saturated rings. The van der Waals surface area contributed by atoms with Crippen molar-refractivity contribution in [2.45, 2.75) is 6.92 Å². The van der Waals surface area contributed by atoms with E-state index in [2.05, 4.69) is 9.72 Å². The monoisotopic (exact) mass is 195 g/mol. The van der Waals surface area contributed by atoms with Gasteiger partial charge in [-0.3, -0.25) is 0 Å². The van der Waals surface area contributed by atoms with Crippen molar-refractivity contribution in [2.24, 2.45) is 0 Å². The number of aryl methyl sites for hydroxylation is 1. The number of carbonyl (C=O) groups is 2. The molecule has 0 unspecified atom stereocenters. The molecule has 5 heteroatoms. The van der Waals surface area contributed by atoms with Gasteiger partial charge < -0.3 is 9.84 Å². The van der Waals surface area contributed by atoms with Gasteiger partial charge in [-0.05, 0) is 19.1 Å². The van der Waals surface area contributed by atoms with Crippen LogP contribution in [0.4, 0.5) is 0 Å². The first-order valence-corrected chi connectivity index (χ1v) is 3.85. The lowest BCUT2D eigenvalue weighted by Crippen LogP contribution is -2.08. The first kappa shape index (κ1) is 10.2. The summed E-state index contributed by atoms with van der Waals surface area (Å²) in [5.74, 6) is -1.64. The molecule has 1 aromatic rings. The van der Waals surface area contributed by atoms with Gasteiger partial charge in [0.25, 0.3) is 0 Å². The number of methoxy groups -OCH3 is 1. The molecule has 1 N–H and O–H groups in total. The summed E-state index contributed by atoms with van der Waals surface area (Å²) in [5.41, 5.74) is 0.532. The number of rotatable bonds is 2. The molecule has 1 heterocycles. The van der Waals surface area contributed by atoms with Gasteiger partial charge in [-0.25, -0.2) is 14.6 Å². The Balaban J connectivity index is 3.14. The molecule has 0 saturated heterocycles. The number of carbonyl (C=O) groups excluding carboxylic acids is 1. The molecule has 0 bridgehead atoms. The van der Waals surface area contributed by atoms with E-state index in [0.717, 1.165) is 0 Å². The number of aromatic nitrogens is 1. The number of pyridine rings is 1. The van der Waals surface area contributed by atoms with Gasteiger partial charge in [0.15, 0.2) is 0 Å². The summed E-state index contributed by atoms with van der Waals surface area (Å²) in [4.78, 5) is 25.4. The van der Waals surface area contributed by atoms with Crippen LogP contribution >= 0.6 is 0 Å². The molecule has 1 aromatic heterocycles. The molecule has 0 saturated carbocycles. The van der Waals surface area contributed by atoms with E-state index >= 15 is 0 Å². The molecule has 0 aromatic carbocycles. The van der Waals surface area contributed by atoms with Gasteiger partial charge in [0.05, 0.1) is 18.4 Å². The molecule has 0 amide bonds. The normalized spacial score (nSPS) is 9.57. The minimum atomic E-state index is -1.12. The van der Waals surface area contributed by atoms with Gasteiger partial charge >= 0.3 is 11.9 Å². The first-order chi connectivity index (χ1) is 6.56. The van der Waals surface area contributed by atoms with Gasteiger partial charge in [0.1, 0.15) is 5.69 Å². The number of aromatic carboxylic acids is 1. The Kier molecular flexibility index (Phi) is 2.81. The number of ether oxygens (including phenoxy) is 1. The van der Waals surface area contributed by atoms with Crippen LogP contribution in [0.1, 0.15) is 26.5 Å². The summed E-state index contributed by atoms with van der Waals surface area (Å²) in [6, 6.07) is 2.65. The van der Waals surface area contributed by atoms with Crippen molar-refractivity contribution < 1.29 is 19.4 Å². The van der Waals surface area contributed by atoms with E-state index in [0.29, 0.717) is 5.69 Å². The van der Waals surface area contributed by atoms with Crippen LogP contribution in [0.2, 0.25) is 0 Å². The second kappa shape index (κ2) is 3.87. The van der Waals surface area contributed by atoms with Crippen LogP contribution in [-0.2, 0) is 4.74 Å². The van der Waals surface area contributed by atoms with Crippen molar-refractivity contribution in [3.8, 4) is 0 Å². The molecule has 0 aliphatic heterocycles. The zero-order chi connectivity index (χ0) is 10.7. The number of hydrogen-bond donors (Lipinski definition) is 1. The summed E-state index contributed by atoms with van der Waals surface area (Å²) in [6.07, 6.45) is 0. The van der Waals surface area contributed by atoms with Crippen molar-refractivity contribution in [1.82, 2.24) is 4.98 Å². The summed E-state index contributed by atoms with van der Waals surface area (Å²) in [5, 5.41) is 8.62. The van der Waals surface area contributed by atoms with E-state index in [9.17, 15) is 9.59 Å². The number of carboxylic acid groups (broad SMARTS) is 1. The van der Waals surface area contributed by atoms with Gasteiger partial charge in [-0.1, -0.05) is 0 Å². The minimum absolute atomic E-state index is 0.0878. The van der Waals surface area contributed by atoms with Crippen LogP contribution in [0.25, 0.3) is 0 Å². The Labute approximate surface area is 80.3 Å². The second-order valence-corrected chi connectivity index (χ2v) is 2.63. The lowest BCUT2D eigenvalue weighted by atomic mass is 10.2. The summed E-state index contributed by atoms with van der Waals surface area (Å²) in [7, 11) is 1.26. The Morgan fingerprint density at radius 3 is 2.50 bits per heavy atom. The predicted molar refractivity (Wildman–Crippen MR) is 47.3 cm³/mol. The number of carboxylic acids is 1. The van der Waals surface area contributed by atoms with Crippen molar-refractivity contribution in [2.75, 3.05) is 7.11 Å². The Morgan fingerprint density at radius 1 is 1.43 bits per heavy atom. The molecule has 5 nitrogen and oxygen atoms in total. The lowest BCUT2D eigenvalue weighted by molar-refractivity contribution is 0.0596. The topological polar surface area (TPSA) is 76.5 Å². The maximum atomic E-state index is 11.1. The summed E-state index contributed by atoms with van der Waals surface area (Å²) < 4.78 is 4.49. The number of nitrogens with zero attached hydrogens (tertiary/aromatic N) is 1. The van der Waals surface area contributed by atoms with Crippen LogP contribution in [0.15, 0.2) is 12.1 Å². The number of hydrogen-bond acceptors (Lipinski definition) is 4. The van der Waals surface area contributed by atoms with Crippen LogP contribution < -0.4 is 0 Å². The van der Waals surface area contributed by atoms with E-state index in [1.165, 1.54) is 19.2 Å². The maximum Gasteiger partial charge on any atom is 0.354 e. The Morgan fingerprint density at radius 2 is 2.07 bits per heavy atom. The molecule has 0 spiro atoms. The van der Waals surface area contributed by atoms with Gasteiger partial charge in [-0.2, -0.15) is 0 Å². The van der Waals surface area contributed by atoms with Crippen LogP contribution in [0, 0.1) is 6.92 Å². The molecular weight excluding hydrogens is 186 g/mol. The third-order valence-electron chi connectivity index (χ3n) is 1.71. The smallest absolute Gasteiger partial charge is 0.354 e. The molecule has 14 heavy (non-hydrogen) atoms. The van der Waals surface area contributed by atoms with E-state index in [4.69, 9.17) is 5.11 Å². The highest BCUT2D eigenvalue weighted by molar-refractivity contribution is 5.92. The van der Waals surface area contributed by atoms with E-state index in [-0.39, 0.29) is 11.3 Å². The SMILES string of the molecule is COC(=O)c1ccc(C(=O)O)nc1C. The van der Waals surface area contributed by atoms with Crippen LogP contribution in [0.3, 0.4) is 0 Å². The molecule has 0 atom stereocenters. The fourth-order valence-corrected chi connectivity index (χ4v) is 1.01. The molecule has 0 radical (unpaired) electrons. The van der Waals surface area contributed by atoms with Crippen molar-refractivity contribution in [3.63, 3.8) is 0 Å². The summed E-state index contributed by atoms with van der Waals surface area (Å²) >= 11 is 0. The third-order valence-corrected chi connectivity index (χ3v) is 1.71. The molecular formula is C9H9NO4. The second-order valence-electron chi connectivity index (χ2n) is 2.63. The predicted octanol–water partition coefficient (Wildman–Crippen LogP) is 0.875. The fraction of sp³-hybridized carbons (Fsp3) is 0.222. The first-order valence-electron chi connectivity index (χ1n) is 3.85. The largest absolute Gasteiger partial charge is 0.477 e. The highest BCUT2D eigenvalue weighted by atomic mass is 16.5. The van der Waals surface area contributed by atoms with E-state index in [1.807, 2.05) is 0 Å². The van der Waals surface area contributed by atoms with Gasteiger partial charge in [0, 0.05) is 0 Å². The Hall–Kier alpha value is -1.91. The quantitative estimate of drug-likeness (QED) is 0.708.